The summed E-state index contributed by atoms with van der Waals surface area (Å²) in [5.74, 6) is -1.42. The van der Waals surface area contributed by atoms with Gasteiger partial charge in [0.1, 0.15) is 15.7 Å². The first-order chi connectivity index (χ1) is 23.8. The molecule has 0 fully saturated rings. The monoisotopic (exact) mass is 734 g/mol. The molecule has 0 spiro atoms. The second-order valence-electron chi connectivity index (χ2n) is 14.8. The minimum absolute atomic E-state index is 0.0300. The van der Waals surface area contributed by atoms with E-state index in [4.69, 9.17) is 13.2 Å². The lowest BCUT2D eigenvalue weighted by atomic mass is 9.83. The molecule has 4 aromatic carbocycles. The van der Waals surface area contributed by atoms with E-state index in [1.165, 1.54) is 13.2 Å². The number of esters is 1. The van der Waals surface area contributed by atoms with Gasteiger partial charge in [0, 0.05) is 6.54 Å². The molecule has 0 radical (unpaired) electrons. The van der Waals surface area contributed by atoms with Gasteiger partial charge >= 0.3 is 12.1 Å². The van der Waals surface area contributed by atoms with Crippen molar-refractivity contribution in [3.05, 3.63) is 126 Å². The summed E-state index contributed by atoms with van der Waals surface area (Å²) in [6, 6.07) is 30.8. The predicted octanol–water partition coefficient (Wildman–Crippen LogP) is 11.0. The van der Waals surface area contributed by atoms with E-state index in [0.717, 1.165) is 39.1 Å². The van der Waals surface area contributed by atoms with Gasteiger partial charge in [-0.1, -0.05) is 106 Å². The van der Waals surface area contributed by atoms with Crippen molar-refractivity contribution >= 4 is 34.9 Å². The zero-order valence-electron chi connectivity index (χ0n) is 30.3. The molecule has 6 nitrogen and oxygen atoms in total. The third-order valence-corrected chi connectivity index (χ3v) is 18.1. The quantitative estimate of drug-likeness (QED) is 0.106. The maximum atomic E-state index is 16.0. The summed E-state index contributed by atoms with van der Waals surface area (Å²) in [6.45, 7) is 13.9. The zero-order valence-corrected chi connectivity index (χ0v) is 32.1. The third-order valence-electron chi connectivity index (χ3n) is 9.77. The van der Waals surface area contributed by atoms with E-state index >= 15 is 4.21 Å². The topological polar surface area (TPSA) is 72.1 Å². The minimum Gasteiger partial charge on any atom is -0.468 e. The number of ether oxygens (including phenoxy) is 1. The predicted molar refractivity (Wildman–Crippen MR) is 200 cm³/mol. The molecule has 1 heterocycles. The standard InChI is InChI=1S/C40H45F3N2O4SSi/c1-38(2,3)51(7,8)44-50(47,35-18-12-14-30-13-9-10-17-34(30)35)45(27-33-23-24-36(49-33)40(41,42)43)26-28-19-21-29(22-20-28)31-15-11-16-32(25-31)39(4,5)37(46)48-6/h9-25H,26-27H2,1-8H3. The van der Waals surface area contributed by atoms with Gasteiger partial charge in [-0.25, -0.2) is 8.51 Å². The molecule has 51 heavy (non-hydrogen) atoms. The van der Waals surface area contributed by atoms with Crippen molar-refractivity contribution in [2.24, 2.45) is 4.03 Å². The highest BCUT2D eigenvalue weighted by Crippen LogP contribution is 2.41. The second kappa shape index (κ2) is 14.1. The van der Waals surface area contributed by atoms with Gasteiger partial charge in [-0.15, -0.1) is 0 Å². The number of carbonyl (C=O) groups is 1. The van der Waals surface area contributed by atoms with Gasteiger partial charge in [-0.3, -0.25) is 8.82 Å². The normalized spacial score (nSPS) is 14.0. The van der Waals surface area contributed by atoms with Crippen LogP contribution in [0.25, 0.3) is 21.9 Å². The number of fused-ring (bicyclic) bond motifs is 1. The average Bonchev–Trinajstić information content (AvgIpc) is 3.56. The van der Waals surface area contributed by atoms with Gasteiger partial charge in [-0.05, 0) is 83.2 Å². The number of benzene rings is 4. The van der Waals surface area contributed by atoms with Crippen molar-refractivity contribution in [2.45, 2.75) is 82.3 Å². The van der Waals surface area contributed by atoms with Crippen LogP contribution in [-0.4, -0.2) is 29.8 Å². The van der Waals surface area contributed by atoms with Gasteiger partial charge in [-0.2, -0.15) is 13.2 Å². The van der Waals surface area contributed by atoms with Crippen LogP contribution in [0.15, 0.2) is 116 Å². The molecule has 5 rings (SSSR count). The molecular formula is C40H45F3N2O4SSi. The molecule has 0 aliphatic carbocycles. The fraction of sp³-hybridized carbons (Fsp3) is 0.325. The molecule has 0 saturated carbocycles. The lowest BCUT2D eigenvalue weighted by Gasteiger charge is -2.36. The fourth-order valence-electron chi connectivity index (χ4n) is 5.61. The largest absolute Gasteiger partial charge is 0.468 e. The fourth-order valence-corrected chi connectivity index (χ4v) is 11.7. The highest BCUT2D eigenvalue weighted by molar-refractivity contribution is 7.92. The van der Waals surface area contributed by atoms with Crippen LogP contribution in [-0.2, 0) is 44.1 Å². The Labute approximate surface area is 300 Å². The maximum Gasteiger partial charge on any atom is 0.449 e. The molecule has 5 aromatic rings. The van der Waals surface area contributed by atoms with Crippen LogP contribution in [0.2, 0.25) is 18.1 Å². The van der Waals surface area contributed by atoms with E-state index in [2.05, 4.69) is 33.9 Å². The van der Waals surface area contributed by atoms with Crippen molar-refractivity contribution in [1.29, 1.82) is 0 Å². The summed E-state index contributed by atoms with van der Waals surface area (Å²) < 4.78 is 74.2. The Balaban J connectivity index is 1.65. The number of alkyl halides is 3. The Morgan fingerprint density at radius 3 is 2.10 bits per heavy atom. The number of furan rings is 1. The third kappa shape index (κ3) is 8.00. The Morgan fingerprint density at radius 2 is 1.47 bits per heavy atom. The Morgan fingerprint density at radius 1 is 0.824 bits per heavy atom. The summed E-state index contributed by atoms with van der Waals surface area (Å²) in [5.41, 5.74) is 2.54. The van der Waals surface area contributed by atoms with E-state index in [1.54, 1.807) is 4.31 Å². The average molecular weight is 735 g/mol. The van der Waals surface area contributed by atoms with E-state index in [9.17, 15) is 18.0 Å². The number of methoxy groups -OCH3 is 1. The van der Waals surface area contributed by atoms with E-state index in [1.807, 2.05) is 105 Å². The summed E-state index contributed by atoms with van der Waals surface area (Å²) >= 11 is 0. The van der Waals surface area contributed by atoms with Gasteiger partial charge in [0.05, 0.1) is 24.0 Å². The highest BCUT2D eigenvalue weighted by Gasteiger charge is 2.40. The smallest absolute Gasteiger partial charge is 0.449 e. The zero-order chi connectivity index (χ0) is 37.4. The minimum atomic E-state index is -4.66. The number of nitrogens with zero attached hydrogens (tertiary/aromatic N) is 2. The Hall–Kier alpha value is -4.19. The second-order valence-corrected chi connectivity index (χ2v) is 22.1. The summed E-state index contributed by atoms with van der Waals surface area (Å²) in [7, 11) is -4.74. The Kier molecular flexibility index (Phi) is 10.5. The van der Waals surface area contributed by atoms with Gasteiger partial charge < -0.3 is 9.15 Å². The van der Waals surface area contributed by atoms with Crippen LogP contribution in [0, 0.1) is 0 Å². The number of halogens is 3. The molecule has 0 saturated heterocycles. The summed E-state index contributed by atoms with van der Waals surface area (Å²) in [5, 5.41) is 1.36. The summed E-state index contributed by atoms with van der Waals surface area (Å²) in [4.78, 5) is 13.0. The van der Waals surface area contributed by atoms with Gasteiger partial charge in [0.15, 0.2) is 8.24 Å². The molecule has 1 aromatic heterocycles. The van der Waals surface area contributed by atoms with Crippen molar-refractivity contribution in [3.8, 4) is 11.1 Å². The van der Waals surface area contributed by atoms with Gasteiger partial charge in [0.2, 0.25) is 5.76 Å². The lowest BCUT2D eigenvalue weighted by molar-refractivity contribution is -0.153. The first-order valence-corrected chi connectivity index (χ1v) is 21.1. The van der Waals surface area contributed by atoms with E-state index in [0.29, 0.717) is 4.90 Å². The van der Waals surface area contributed by atoms with Crippen LogP contribution >= 0.6 is 0 Å². The molecule has 1 unspecified atom stereocenters. The first-order valence-electron chi connectivity index (χ1n) is 16.7. The summed E-state index contributed by atoms with van der Waals surface area (Å²) in [6.07, 6.45) is -4.66. The first kappa shape index (κ1) is 38.0. The number of hydrogen-bond acceptors (Lipinski definition) is 5. The number of hydrogen-bond donors (Lipinski definition) is 0. The molecule has 11 heteroatoms. The molecule has 0 N–H and O–H groups in total. The maximum absolute atomic E-state index is 16.0. The molecule has 0 bridgehead atoms. The lowest BCUT2D eigenvalue weighted by Crippen LogP contribution is -2.40. The molecule has 0 aliphatic heterocycles. The van der Waals surface area contributed by atoms with Crippen LogP contribution in [0.1, 0.15) is 57.3 Å². The Bertz CT molecular complexity index is 2150. The van der Waals surface area contributed by atoms with E-state index in [-0.39, 0.29) is 29.9 Å². The molecule has 0 amide bonds. The number of carbonyl (C=O) groups excluding carboxylic acids is 1. The molecule has 0 aliphatic rings. The van der Waals surface area contributed by atoms with Gasteiger partial charge in [0.25, 0.3) is 0 Å². The van der Waals surface area contributed by atoms with Crippen molar-refractivity contribution in [2.75, 3.05) is 7.11 Å². The van der Waals surface area contributed by atoms with Crippen LogP contribution < -0.4 is 0 Å². The van der Waals surface area contributed by atoms with Crippen molar-refractivity contribution in [1.82, 2.24) is 4.31 Å². The van der Waals surface area contributed by atoms with Crippen LogP contribution in [0.3, 0.4) is 0 Å². The number of rotatable bonds is 10. The highest BCUT2D eigenvalue weighted by atomic mass is 32.2. The van der Waals surface area contributed by atoms with Crippen LogP contribution in [0.4, 0.5) is 13.2 Å². The SMILES string of the molecule is COC(=O)C(C)(C)c1cccc(-c2ccc(CN(Cc3ccc(C(F)(F)F)o3)S(=O)(=N[Si](C)(C)C(C)(C)C)c3cccc4ccccc34)cc2)c1. The molecular weight excluding hydrogens is 690 g/mol. The molecule has 270 valence electrons. The van der Waals surface area contributed by atoms with Crippen LogP contribution in [0.5, 0.6) is 0 Å². The van der Waals surface area contributed by atoms with E-state index < -0.39 is 35.5 Å². The molecule has 1 atom stereocenters. The van der Waals surface area contributed by atoms with Crippen molar-refractivity contribution in [3.63, 3.8) is 0 Å². The van der Waals surface area contributed by atoms with Crippen molar-refractivity contribution < 1.29 is 31.3 Å².